The standard InChI is InChI=1S/C17H24ClN3O4/c1-3-21(13-6-8-25-9-7-13)17(23)20-15-10-12(4-5-14(15)18)19-16(22)11-24-2/h4-5,10,13H,3,6-9,11H2,1-2H3,(H,19,22)(H,20,23). The molecule has 0 unspecified atom stereocenters. The maximum absolute atomic E-state index is 12.6. The van der Waals surface area contributed by atoms with Gasteiger partial charge < -0.3 is 25.0 Å². The summed E-state index contributed by atoms with van der Waals surface area (Å²) in [6.45, 7) is 3.82. The van der Waals surface area contributed by atoms with E-state index in [1.54, 1.807) is 23.1 Å². The number of hydrogen-bond donors (Lipinski definition) is 2. The van der Waals surface area contributed by atoms with Gasteiger partial charge >= 0.3 is 6.03 Å². The number of amides is 3. The van der Waals surface area contributed by atoms with Gasteiger partial charge in [-0.05, 0) is 38.0 Å². The zero-order chi connectivity index (χ0) is 18.2. The number of hydrogen-bond acceptors (Lipinski definition) is 4. The van der Waals surface area contributed by atoms with E-state index in [0.717, 1.165) is 12.8 Å². The van der Waals surface area contributed by atoms with E-state index < -0.39 is 0 Å². The van der Waals surface area contributed by atoms with Crippen LogP contribution in [-0.2, 0) is 14.3 Å². The van der Waals surface area contributed by atoms with E-state index in [0.29, 0.717) is 36.2 Å². The molecule has 0 atom stereocenters. The molecule has 8 heteroatoms. The number of urea groups is 1. The Kier molecular flexibility index (Phi) is 7.49. The Morgan fingerprint density at radius 1 is 1.32 bits per heavy atom. The van der Waals surface area contributed by atoms with Crippen LogP contribution in [0.4, 0.5) is 16.2 Å². The molecular weight excluding hydrogens is 346 g/mol. The third kappa shape index (κ3) is 5.59. The summed E-state index contributed by atoms with van der Waals surface area (Å²) in [5.74, 6) is -0.278. The first-order chi connectivity index (χ1) is 12.0. The number of rotatable bonds is 6. The summed E-state index contributed by atoms with van der Waals surface area (Å²) in [4.78, 5) is 26.0. The maximum atomic E-state index is 12.6. The Labute approximate surface area is 152 Å². The third-order valence-corrected chi connectivity index (χ3v) is 4.33. The number of benzene rings is 1. The van der Waals surface area contributed by atoms with Crippen molar-refractivity contribution in [3.05, 3.63) is 23.2 Å². The van der Waals surface area contributed by atoms with Crippen LogP contribution in [0.15, 0.2) is 18.2 Å². The number of nitrogens with zero attached hydrogens (tertiary/aromatic N) is 1. The fourth-order valence-corrected chi connectivity index (χ4v) is 2.94. The van der Waals surface area contributed by atoms with Crippen molar-refractivity contribution < 1.29 is 19.1 Å². The third-order valence-electron chi connectivity index (χ3n) is 4.00. The fourth-order valence-electron chi connectivity index (χ4n) is 2.78. The molecule has 0 spiro atoms. The van der Waals surface area contributed by atoms with Crippen LogP contribution in [-0.4, -0.2) is 56.4 Å². The summed E-state index contributed by atoms with van der Waals surface area (Å²) in [5.41, 5.74) is 0.989. The lowest BCUT2D eigenvalue weighted by atomic mass is 10.1. The van der Waals surface area contributed by atoms with Gasteiger partial charge in [-0.3, -0.25) is 4.79 Å². The molecule has 0 aromatic heterocycles. The highest BCUT2D eigenvalue weighted by Gasteiger charge is 2.25. The molecule has 1 aliphatic heterocycles. The zero-order valence-corrected chi connectivity index (χ0v) is 15.3. The lowest BCUT2D eigenvalue weighted by Crippen LogP contribution is -2.45. The van der Waals surface area contributed by atoms with E-state index in [4.69, 9.17) is 21.1 Å². The first kappa shape index (κ1) is 19.5. The second-order valence-corrected chi connectivity index (χ2v) is 6.14. The van der Waals surface area contributed by atoms with Crippen LogP contribution in [0.1, 0.15) is 19.8 Å². The van der Waals surface area contributed by atoms with Crippen LogP contribution < -0.4 is 10.6 Å². The van der Waals surface area contributed by atoms with E-state index in [1.807, 2.05) is 6.92 Å². The Morgan fingerprint density at radius 3 is 2.68 bits per heavy atom. The molecule has 138 valence electrons. The molecular formula is C17H24ClN3O4. The van der Waals surface area contributed by atoms with Crippen molar-refractivity contribution in [3.8, 4) is 0 Å². The number of ether oxygens (including phenoxy) is 2. The Morgan fingerprint density at radius 2 is 2.04 bits per heavy atom. The molecule has 25 heavy (non-hydrogen) atoms. The van der Waals surface area contributed by atoms with Crippen molar-refractivity contribution >= 4 is 34.9 Å². The maximum Gasteiger partial charge on any atom is 0.322 e. The molecule has 0 radical (unpaired) electrons. The number of anilines is 2. The smallest absolute Gasteiger partial charge is 0.322 e. The van der Waals surface area contributed by atoms with Gasteiger partial charge in [0.2, 0.25) is 5.91 Å². The van der Waals surface area contributed by atoms with Crippen molar-refractivity contribution in [1.29, 1.82) is 0 Å². The van der Waals surface area contributed by atoms with Crippen LogP contribution in [0.2, 0.25) is 5.02 Å². The lowest BCUT2D eigenvalue weighted by molar-refractivity contribution is -0.119. The first-order valence-corrected chi connectivity index (χ1v) is 8.66. The first-order valence-electron chi connectivity index (χ1n) is 8.28. The van der Waals surface area contributed by atoms with Gasteiger partial charge in [-0.25, -0.2) is 4.79 Å². The molecule has 1 aliphatic rings. The minimum absolute atomic E-state index is 0.0440. The van der Waals surface area contributed by atoms with E-state index >= 15 is 0 Å². The minimum atomic E-state index is -0.278. The molecule has 1 aromatic carbocycles. The lowest BCUT2D eigenvalue weighted by Gasteiger charge is -2.33. The fraction of sp³-hybridized carbons (Fsp3) is 0.529. The highest BCUT2D eigenvalue weighted by Crippen LogP contribution is 2.26. The van der Waals surface area contributed by atoms with E-state index in [-0.39, 0.29) is 24.6 Å². The number of nitrogens with one attached hydrogen (secondary N) is 2. The molecule has 1 saturated heterocycles. The number of carbonyl (C=O) groups excluding carboxylic acids is 2. The van der Waals surface area contributed by atoms with Crippen molar-refractivity contribution in [3.63, 3.8) is 0 Å². The largest absolute Gasteiger partial charge is 0.381 e. The molecule has 0 aliphatic carbocycles. The summed E-state index contributed by atoms with van der Waals surface area (Å²) in [5, 5.41) is 5.93. The molecule has 3 amide bonds. The summed E-state index contributed by atoms with van der Waals surface area (Å²) < 4.78 is 10.1. The second kappa shape index (κ2) is 9.60. The monoisotopic (exact) mass is 369 g/mol. The van der Waals surface area contributed by atoms with Gasteiger partial charge in [0.05, 0.1) is 10.7 Å². The zero-order valence-electron chi connectivity index (χ0n) is 14.5. The normalized spacial score (nSPS) is 14.8. The van der Waals surface area contributed by atoms with Gasteiger partial charge in [0, 0.05) is 38.6 Å². The summed E-state index contributed by atoms with van der Waals surface area (Å²) in [7, 11) is 1.45. The SMILES string of the molecule is CCN(C(=O)Nc1cc(NC(=O)COC)ccc1Cl)C1CCOCC1. The van der Waals surface area contributed by atoms with Gasteiger partial charge in [0.25, 0.3) is 0 Å². The molecule has 2 N–H and O–H groups in total. The van der Waals surface area contributed by atoms with Crippen LogP contribution >= 0.6 is 11.6 Å². The quantitative estimate of drug-likeness (QED) is 0.807. The van der Waals surface area contributed by atoms with E-state index in [9.17, 15) is 9.59 Å². The minimum Gasteiger partial charge on any atom is -0.381 e. The molecule has 2 rings (SSSR count). The molecule has 0 bridgehead atoms. The summed E-state index contributed by atoms with van der Waals surface area (Å²) in [6, 6.07) is 4.87. The van der Waals surface area contributed by atoms with Crippen molar-refractivity contribution in [2.24, 2.45) is 0 Å². The van der Waals surface area contributed by atoms with E-state index in [1.165, 1.54) is 7.11 Å². The van der Waals surface area contributed by atoms with E-state index in [2.05, 4.69) is 10.6 Å². The Hall–Kier alpha value is -1.83. The highest BCUT2D eigenvalue weighted by molar-refractivity contribution is 6.33. The van der Waals surface area contributed by atoms with Gasteiger partial charge in [-0.2, -0.15) is 0 Å². The predicted octanol–water partition coefficient (Wildman–Crippen LogP) is 2.96. The number of methoxy groups -OCH3 is 1. The molecule has 1 heterocycles. The molecule has 0 saturated carbocycles. The van der Waals surface area contributed by atoms with Crippen LogP contribution in [0, 0.1) is 0 Å². The second-order valence-electron chi connectivity index (χ2n) is 5.74. The average molecular weight is 370 g/mol. The summed E-state index contributed by atoms with van der Waals surface area (Å²) >= 11 is 6.18. The topological polar surface area (TPSA) is 79.9 Å². The van der Waals surface area contributed by atoms with Crippen LogP contribution in [0.5, 0.6) is 0 Å². The van der Waals surface area contributed by atoms with Gasteiger partial charge in [0.15, 0.2) is 0 Å². The van der Waals surface area contributed by atoms with Gasteiger partial charge in [-0.1, -0.05) is 11.6 Å². The number of halogens is 1. The van der Waals surface area contributed by atoms with Crippen molar-refractivity contribution in [2.75, 3.05) is 44.1 Å². The van der Waals surface area contributed by atoms with Crippen LogP contribution in [0.3, 0.4) is 0 Å². The highest BCUT2D eigenvalue weighted by atomic mass is 35.5. The van der Waals surface area contributed by atoms with Gasteiger partial charge in [-0.15, -0.1) is 0 Å². The Balaban J connectivity index is 2.06. The summed E-state index contributed by atoms with van der Waals surface area (Å²) in [6.07, 6.45) is 1.64. The number of carbonyl (C=O) groups is 2. The van der Waals surface area contributed by atoms with Crippen molar-refractivity contribution in [1.82, 2.24) is 4.90 Å². The predicted molar refractivity (Wildman–Crippen MR) is 97.2 cm³/mol. The molecule has 7 nitrogen and oxygen atoms in total. The molecule has 1 aromatic rings. The van der Waals surface area contributed by atoms with Crippen molar-refractivity contribution in [2.45, 2.75) is 25.8 Å². The van der Waals surface area contributed by atoms with Gasteiger partial charge in [0.1, 0.15) is 6.61 Å². The average Bonchev–Trinajstić information content (AvgIpc) is 2.59. The molecule has 1 fully saturated rings. The van der Waals surface area contributed by atoms with Crippen LogP contribution in [0.25, 0.3) is 0 Å². The Bertz CT molecular complexity index is 606.